The van der Waals surface area contributed by atoms with Gasteiger partial charge < -0.3 is 5.11 Å². The quantitative estimate of drug-likeness (QED) is 0.786. The number of hydrogen-bond donors (Lipinski definition) is 1. The highest BCUT2D eigenvalue weighted by Crippen LogP contribution is 2.11. The van der Waals surface area contributed by atoms with Crippen molar-refractivity contribution >= 4 is 17.6 Å². The molecule has 0 fully saturated rings. The molecule has 0 amide bonds. The Labute approximate surface area is 89.9 Å². The Morgan fingerprint density at radius 2 is 2.20 bits per heavy atom. The van der Waals surface area contributed by atoms with Crippen molar-refractivity contribution in [1.82, 2.24) is 14.8 Å². The lowest BCUT2D eigenvalue weighted by molar-refractivity contribution is 0.0687. The van der Waals surface area contributed by atoms with E-state index < -0.39 is 5.97 Å². The molecule has 0 aliphatic carbocycles. The SMILES string of the molecule is O=C(O)c1ccnn1-c1ccc(Cl)nc1. The summed E-state index contributed by atoms with van der Waals surface area (Å²) in [6.45, 7) is 0. The van der Waals surface area contributed by atoms with Crippen LogP contribution in [0.25, 0.3) is 5.69 Å². The summed E-state index contributed by atoms with van der Waals surface area (Å²) in [5.74, 6) is -1.04. The molecular weight excluding hydrogens is 218 g/mol. The Morgan fingerprint density at radius 1 is 1.40 bits per heavy atom. The van der Waals surface area contributed by atoms with Gasteiger partial charge in [-0.2, -0.15) is 5.10 Å². The van der Waals surface area contributed by atoms with Crippen LogP contribution in [0.5, 0.6) is 0 Å². The average Bonchev–Trinajstić information content (AvgIpc) is 2.67. The van der Waals surface area contributed by atoms with Crippen LogP contribution in [0.2, 0.25) is 5.15 Å². The summed E-state index contributed by atoms with van der Waals surface area (Å²) >= 11 is 5.62. The number of carboxylic acids is 1. The number of aromatic carboxylic acids is 1. The monoisotopic (exact) mass is 223 g/mol. The third kappa shape index (κ3) is 1.82. The molecule has 0 aliphatic rings. The summed E-state index contributed by atoms with van der Waals surface area (Å²) < 4.78 is 1.28. The number of rotatable bonds is 2. The van der Waals surface area contributed by atoms with Gasteiger partial charge in [-0.3, -0.25) is 0 Å². The molecule has 0 radical (unpaired) electrons. The first kappa shape index (κ1) is 9.67. The van der Waals surface area contributed by atoms with E-state index in [0.717, 1.165) is 0 Å². The minimum atomic E-state index is -1.04. The fourth-order valence-corrected chi connectivity index (χ4v) is 1.28. The van der Waals surface area contributed by atoms with Crippen LogP contribution in [0, 0.1) is 0 Å². The lowest BCUT2D eigenvalue weighted by Crippen LogP contribution is -2.07. The molecule has 15 heavy (non-hydrogen) atoms. The van der Waals surface area contributed by atoms with E-state index in [1.165, 1.54) is 23.1 Å². The molecule has 2 aromatic rings. The van der Waals surface area contributed by atoms with Crippen LogP contribution in [0.3, 0.4) is 0 Å². The molecule has 1 N–H and O–H groups in total. The molecule has 0 unspecified atom stereocenters. The van der Waals surface area contributed by atoms with E-state index in [1.54, 1.807) is 12.1 Å². The second-order valence-electron chi connectivity index (χ2n) is 2.77. The molecule has 2 rings (SSSR count). The van der Waals surface area contributed by atoms with Gasteiger partial charge in [0.15, 0.2) is 5.69 Å². The maximum Gasteiger partial charge on any atom is 0.354 e. The van der Waals surface area contributed by atoms with Crippen molar-refractivity contribution in [3.05, 3.63) is 41.4 Å². The molecule has 0 saturated carbocycles. The highest BCUT2D eigenvalue weighted by atomic mass is 35.5. The predicted octanol–water partition coefficient (Wildman–Crippen LogP) is 1.62. The van der Waals surface area contributed by atoms with Crippen LogP contribution in [0.4, 0.5) is 0 Å². The lowest BCUT2D eigenvalue weighted by atomic mass is 10.4. The van der Waals surface area contributed by atoms with Crippen molar-refractivity contribution < 1.29 is 9.90 Å². The maximum atomic E-state index is 10.8. The standard InChI is InChI=1S/C9H6ClN3O2/c10-8-2-1-6(5-11-8)13-7(9(14)15)3-4-12-13/h1-5H,(H,14,15). The molecule has 5 nitrogen and oxygen atoms in total. The number of nitrogens with zero attached hydrogens (tertiary/aromatic N) is 3. The third-order valence-electron chi connectivity index (χ3n) is 1.82. The van der Waals surface area contributed by atoms with Crippen LogP contribution in [0.15, 0.2) is 30.6 Å². The summed E-state index contributed by atoms with van der Waals surface area (Å²) in [6.07, 6.45) is 2.87. The first-order valence-electron chi connectivity index (χ1n) is 4.08. The van der Waals surface area contributed by atoms with Gasteiger partial charge in [0.25, 0.3) is 0 Å². The zero-order valence-corrected chi connectivity index (χ0v) is 8.22. The highest BCUT2D eigenvalue weighted by Gasteiger charge is 2.11. The summed E-state index contributed by atoms with van der Waals surface area (Å²) in [7, 11) is 0. The van der Waals surface area contributed by atoms with Gasteiger partial charge in [0.1, 0.15) is 5.15 Å². The Hall–Kier alpha value is -1.88. The fourth-order valence-electron chi connectivity index (χ4n) is 1.16. The van der Waals surface area contributed by atoms with E-state index >= 15 is 0 Å². The minimum Gasteiger partial charge on any atom is -0.477 e. The Bertz CT molecular complexity index is 492. The molecule has 6 heteroatoms. The first-order chi connectivity index (χ1) is 7.18. The van der Waals surface area contributed by atoms with Crippen molar-refractivity contribution in [2.24, 2.45) is 0 Å². The minimum absolute atomic E-state index is 0.0825. The summed E-state index contributed by atoms with van der Waals surface area (Å²) in [4.78, 5) is 14.7. The van der Waals surface area contributed by atoms with Crippen molar-refractivity contribution in [3.8, 4) is 5.69 Å². The van der Waals surface area contributed by atoms with Crippen molar-refractivity contribution in [3.63, 3.8) is 0 Å². The van der Waals surface area contributed by atoms with Gasteiger partial charge >= 0.3 is 5.97 Å². The lowest BCUT2D eigenvalue weighted by Gasteiger charge is -2.03. The van der Waals surface area contributed by atoms with Gasteiger partial charge in [-0.05, 0) is 18.2 Å². The first-order valence-corrected chi connectivity index (χ1v) is 4.45. The molecule has 76 valence electrons. The summed E-state index contributed by atoms with van der Waals surface area (Å²) in [5.41, 5.74) is 0.640. The highest BCUT2D eigenvalue weighted by molar-refractivity contribution is 6.29. The van der Waals surface area contributed by atoms with Gasteiger partial charge in [-0.15, -0.1) is 0 Å². The van der Waals surface area contributed by atoms with Crippen LogP contribution < -0.4 is 0 Å². The van der Waals surface area contributed by atoms with Gasteiger partial charge in [0.2, 0.25) is 0 Å². The maximum absolute atomic E-state index is 10.8. The summed E-state index contributed by atoms with van der Waals surface area (Å²) in [5, 5.41) is 13.1. The molecule has 0 atom stereocenters. The van der Waals surface area contributed by atoms with Gasteiger partial charge in [-0.25, -0.2) is 14.5 Å². The second-order valence-corrected chi connectivity index (χ2v) is 3.16. The number of halogens is 1. The molecular formula is C9H6ClN3O2. The molecule has 0 spiro atoms. The fraction of sp³-hybridized carbons (Fsp3) is 0. The number of carboxylic acid groups (broad SMARTS) is 1. The predicted molar refractivity (Wildman–Crippen MR) is 53.3 cm³/mol. The molecule has 2 aromatic heterocycles. The van der Waals surface area contributed by atoms with E-state index in [-0.39, 0.29) is 5.69 Å². The zero-order chi connectivity index (χ0) is 10.8. The molecule has 0 aromatic carbocycles. The topological polar surface area (TPSA) is 68.0 Å². The van der Waals surface area contributed by atoms with E-state index in [0.29, 0.717) is 10.8 Å². The van der Waals surface area contributed by atoms with E-state index in [2.05, 4.69) is 10.1 Å². The third-order valence-corrected chi connectivity index (χ3v) is 2.04. The number of pyridine rings is 1. The van der Waals surface area contributed by atoms with Gasteiger partial charge in [-0.1, -0.05) is 11.6 Å². The number of hydrogen-bond acceptors (Lipinski definition) is 3. The van der Waals surface area contributed by atoms with Crippen LogP contribution in [-0.2, 0) is 0 Å². The van der Waals surface area contributed by atoms with Crippen LogP contribution in [-0.4, -0.2) is 25.8 Å². The number of carbonyl (C=O) groups is 1. The van der Waals surface area contributed by atoms with Crippen molar-refractivity contribution in [2.45, 2.75) is 0 Å². The smallest absolute Gasteiger partial charge is 0.354 e. The second kappa shape index (κ2) is 3.70. The molecule has 0 aliphatic heterocycles. The van der Waals surface area contributed by atoms with Gasteiger partial charge in [0.05, 0.1) is 18.1 Å². The van der Waals surface area contributed by atoms with E-state index in [9.17, 15) is 4.79 Å². The van der Waals surface area contributed by atoms with Crippen molar-refractivity contribution in [1.29, 1.82) is 0 Å². The van der Waals surface area contributed by atoms with E-state index in [1.807, 2.05) is 0 Å². The average molecular weight is 224 g/mol. The van der Waals surface area contributed by atoms with Gasteiger partial charge in [0, 0.05) is 0 Å². The molecule has 2 heterocycles. The normalized spacial score (nSPS) is 10.2. The molecule has 0 saturated heterocycles. The zero-order valence-electron chi connectivity index (χ0n) is 7.46. The largest absolute Gasteiger partial charge is 0.477 e. The van der Waals surface area contributed by atoms with Crippen LogP contribution in [0.1, 0.15) is 10.5 Å². The van der Waals surface area contributed by atoms with E-state index in [4.69, 9.17) is 16.7 Å². The Morgan fingerprint density at radius 3 is 2.80 bits per heavy atom. The number of aromatic nitrogens is 3. The Kier molecular flexibility index (Phi) is 2.39. The van der Waals surface area contributed by atoms with Crippen LogP contribution >= 0.6 is 11.6 Å². The summed E-state index contributed by atoms with van der Waals surface area (Å²) in [6, 6.07) is 4.63. The Balaban J connectivity index is 2.49. The van der Waals surface area contributed by atoms with Crippen molar-refractivity contribution in [2.75, 3.05) is 0 Å². The molecule has 0 bridgehead atoms.